The standard InChI is InChI=1S/C20H25NO7.C3H4/c1-4-9-26-20(23)21-15-7-5-14(6-8-15)19-17(27-12-24-2)10-16(22)11-18(19)28-13-25-3;1-3-2/h5-8,10-11,22H,4,9,12-13H2,1-3H3,(H,21,23);1-2H2. The summed E-state index contributed by atoms with van der Waals surface area (Å²) in [5.74, 6) is 0.755. The molecule has 8 nitrogen and oxygen atoms in total. The van der Waals surface area contributed by atoms with E-state index in [0.29, 0.717) is 29.4 Å². The Balaban J connectivity index is 0.00000151. The second-order valence-electron chi connectivity index (χ2n) is 6.01. The fourth-order valence-electron chi connectivity index (χ4n) is 2.40. The van der Waals surface area contributed by atoms with E-state index in [1.54, 1.807) is 24.3 Å². The van der Waals surface area contributed by atoms with Gasteiger partial charge in [0, 0.05) is 32.0 Å². The van der Waals surface area contributed by atoms with Crippen molar-refractivity contribution in [2.24, 2.45) is 0 Å². The fourth-order valence-corrected chi connectivity index (χ4v) is 2.40. The highest BCUT2D eigenvalue weighted by atomic mass is 16.7. The van der Waals surface area contributed by atoms with Gasteiger partial charge in [-0.3, -0.25) is 5.32 Å². The summed E-state index contributed by atoms with van der Waals surface area (Å²) in [4.78, 5) is 11.7. The smallest absolute Gasteiger partial charge is 0.411 e. The van der Waals surface area contributed by atoms with E-state index >= 15 is 0 Å². The van der Waals surface area contributed by atoms with Crippen molar-refractivity contribution in [3.05, 3.63) is 55.3 Å². The number of phenols is 1. The third-order valence-electron chi connectivity index (χ3n) is 3.57. The van der Waals surface area contributed by atoms with Crippen LogP contribution < -0.4 is 14.8 Å². The second-order valence-corrected chi connectivity index (χ2v) is 6.01. The maximum absolute atomic E-state index is 11.7. The molecule has 0 atom stereocenters. The Kier molecular flexibility index (Phi) is 12.0. The van der Waals surface area contributed by atoms with E-state index in [0.717, 1.165) is 12.0 Å². The van der Waals surface area contributed by atoms with Gasteiger partial charge < -0.3 is 28.8 Å². The number of anilines is 1. The molecule has 2 aromatic carbocycles. The molecule has 0 spiro atoms. The van der Waals surface area contributed by atoms with Gasteiger partial charge in [0.2, 0.25) is 0 Å². The van der Waals surface area contributed by atoms with Crippen LogP contribution in [-0.2, 0) is 14.2 Å². The quantitative estimate of drug-likeness (QED) is 0.406. The van der Waals surface area contributed by atoms with Crippen molar-refractivity contribution in [2.45, 2.75) is 13.3 Å². The van der Waals surface area contributed by atoms with Crippen molar-refractivity contribution in [3.8, 4) is 28.4 Å². The van der Waals surface area contributed by atoms with E-state index in [4.69, 9.17) is 23.7 Å². The molecule has 2 N–H and O–H groups in total. The van der Waals surface area contributed by atoms with Gasteiger partial charge in [-0.1, -0.05) is 32.2 Å². The first-order valence-electron chi connectivity index (χ1n) is 9.44. The minimum absolute atomic E-state index is 0.00306. The normalized spacial score (nSPS) is 9.65. The number of carbonyl (C=O) groups excluding carboxylic acids is 1. The second kappa shape index (κ2) is 14.5. The summed E-state index contributed by atoms with van der Waals surface area (Å²) >= 11 is 0. The first-order chi connectivity index (χ1) is 15.0. The van der Waals surface area contributed by atoms with Gasteiger partial charge >= 0.3 is 6.09 Å². The molecule has 0 fully saturated rings. The van der Waals surface area contributed by atoms with Gasteiger partial charge in [0.1, 0.15) is 17.2 Å². The number of amides is 1. The van der Waals surface area contributed by atoms with Crippen molar-refractivity contribution in [1.82, 2.24) is 0 Å². The number of rotatable bonds is 10. The highest BCUT2D eigenvalue weighted by molar-refractivity contribution is 5.86. The zero-order valence-corrected chi connectivity index (χ0v) is 18.1. The molecule has 1 amide bonds. The van der Waals surface area contributed by atoms with E-state index in [1.807, 2.05) is 6.92 Å². The number of carbonyl (C=O) groups is 1. The van der Waals surface area contributed by atoms with Gasteiger partial charge in [0.15, 0.2) is 13.6 Å². The lowest BCUT2D eigenvalue weighted by Crippen LogP contribution is -2.13. The number of hydrogen-bond donors (Lipinski definition) is 2. The Bertz CT molecular complexity index is 814. The van der Waals surface area contributed by atoms with Crippen molar-refractivity contribution in [2.75, 3.05) is 39.7 Å². The molecule has 0 unspecified atom stereocenters. The summed E-state index contributed by atoms with van der Waals surface area (Å²) in [6, 6.07) is 10.00. The molecule has 0 saturated carbocycles. The molecule has 0 aromatic heterocycles. The fraction of sp³-hybridized carbons (Fsp3) is 0.304. The van der Waals surface area contributed by atoms with Crippen molar-refractivity contribution in [1.29, 1.82) is 0 Å². The highest BCUT2D eigenvalue weighted by Gasteiger charge is 2.16. The molecule has 31 heavy (non-hydrogen) atoms. The summed E-state index contributed by atoms with van der Waals surface area (Å²) in [5.41, 5.74) is 4.21. The highest BCUT2D eigenvalue weighted by Crippen LogP contribution is 2.42. The van der Waals surface area contributed by atoms with Crippen LogP contribution >= 0.6 is 0 Å². The molecular weight excluding hydrogens is 402 g/mol. The van der Waals surface area contributed by atoms with Crippen LogP contribution in [-0.4, -0.2) is 45.6 Å². The molecule has 0 saturated heterocycles. The number of phenolic OH excluding ortho intramolecular Hbond substituents is 1. The van der Waals surface area contributed by atoms with Gasteiger partial charge in [-0.15, -0.1) is 5.73 Å². The number of aromatic hydroxyl groups is 1. The third kappa shape index (κ3) is 8.84. The van der Waals surface area contributed by atoms with E-state index in [1.165, 1.54) is 26.4 Å². The maximum atomic E-state index is 11.7. The zero-order valence-electron chi connectivity index (χ0n) is 18.1. The molecule has 0 bridgehead atoms. The summed E-state index contributed by atoms with van der Waals surface area (Å²) in [5, 5.41) is 12.6. The van der Waals surface area contributed by atoms with Crippen LogP contribution in [0, 0.1) is 0 Å². The van der Waals surface area contributed by atoms with Crippen LogP contribution in [0.25, 0.3) is 11.1 Å². The molecule has 0 heterocycles. The van der Waals surface area contributed by atoms with E-state index < -0.39 is 6.09 Å². The Labute approximate surface area is 182 Å². The molecule has 2 aromatic rings. The number of benzene rings is 2. The molecule has 0 aliphatic heterocycles. The zero-order chi connectivity index (χ0) is 23.1. The summed E-state index contributed by atoms with van der Waals surface area (Å²) in [6.07, 6.45) is 0.245. The predicted molar refractivity (Wildman–Crippen MR) is 119 cm³/mol. The first-order valence-corrected chi connectivity index (χ1v) is 9.44. The molecule has 168 valence electrons. The third-order valence-corrected chi connectivity index (χ3v) is 3.57. The molecule has 0 radical (unpaired) electrons. The van der Waals surface area contributed by atoms with Crippen molar-refractivity contribution < 1.29 is 33.6 Å². The Morgan fingerprint density at radius 3 is 2.00 bits per heavy atom. The Hall–Kier alpha value is -3.45. The van der Waals surface area contributed by atoms with E-state index in [9.17, 15) is 9.90 Å². The lowest BCUT2D eigenvalue weighted by molar-refractivity contribution is 0.0466. The molecule has 0 aliphatic carbocycles. The van der Waals surface area contributed by atoms with Gasteiger partial charge in [-0.2, -0.15) is 0 Å². The Morgan fingerprint density at radius 1 is 1.03 bits per heavy atom. The van der Waals surface area contributed by atoms with Crippen molar-refractivity contribution >= 4 is 11.8 Å². The van der Waals surface area contributed by atoms with Crippen LogP contribution in [0.1, 0.15) is 13.3 Å². The average Bonchev–Trinajstić information content (AvgIpc) is 2.76. The predicted octanol–water partition coefficient (Wildman–Crippen LogP) is 4.94. The van der Waals surface area contributed by atoms with E-state index in [2.05, 4.69) is 24.2 Å². The average molecular weight is 431 g/mol. The molecule has 2 rings (SSSR count). The largest absolute Gasteiger partial charge is 0.508 e. The van der Waals surface area contributed by atoms with Crippen LogP contribution in [0.15, 0.2) is 55.3 Å². The number of methoxy groups -OCH3 is 2. The minimum Gasteiger partial charge on any atom is -0.508 e. The summed E-state index contributed by atoms with van der Waals surface area (Å²) < 4.78 is 26.1. The lowest BCUT2D eigenvalue weighted by atomic mass is 10.0. The minimum atomic E-state index is -0.507. The number of ether oxygens (including phenoxy) is 5. The maximum Gasteiger partial charge on any atom is 0.411 e. The lowest BCUT2D eigenvalue weighted by Gasteiger charge is -2.17. The van der Waals surface area contributed by atoms with Crippen molar-refractivity contribution in [3.63, 3.8) is 0 Å². The number of nitrogens with one attached hydrogen (secondary N) is 1. The Morgan fingerprint density at radius 2 is 1.55 bits per heavy atom. The monoisotopic (exact) mass is 431 g/mol. The molecular formula is C23H29NO7. The molecule has 0 aliphatic rings. The van der Waals surface area contributed by atoms with Gasteiger partial charge in [0.25, 0.3) is 0 Å². The van der Waals surface area contributed by atoms with Crippen LogP contribution in [0.5, 0.6) is 17.2 Å². The van der Waals surface area contributed by atoms with Gasteiger partial charge in [0.05, 0.1) is 12.2 Å². The van der Waals surface area contributed by atoms with Gasteiger partial charge in [-0.25, -0.2) is 4.79 Å². The van der Waals surface area contributed by atoms with Gasteiger partial charge in [-0.05, 0) is 24.1 Å². The summed E-state index contributed by atoms with van der Waals surface area (Å²) in [6.45, 7) is 8.54. The summed E-state index contributed by atoms with van der Waals surface area (Å²) in [7, 11) is 3.01. The van der Waals surface area contributed by atoms with Crippen LogP contribution in [0.3, 0.4) is 0 Å². The van der Waals surface area contributed by atoms with E-state index in [-0.39, 0.29) is 19.3 Å². The van der Waals surface area contributed by atoms with Crippen LogP contribution in [0.4, 0.5) is 10.5 Å². The number of hydrogen-bond acceptors (Lipinski definition) is 7. The topological polar surface area (TPSA) is 95.5 Å². The van der Waals surface area contributed by atoms with Crippen LogP contribution in [0.2, 0.25) is 0 Å². The first kappa shape index (κ1) is 25.6. The molecule has 8 heteroatoms. The SMILES string of the molecule is C=C=C.CCCOC(=O)Nc1ccc(-c2c(OCOC)cc(O)cc2OCOC)cc1.